The van der Waals surface area contributed by atoms with Crippen LogP contribution < -0.4 is 0 Å². The van der Waals surface area contributed by atoms with Crippen molar-refractivity contribution in [3.63, 3.8) is 0 Å². The zero-order chi connectivity index (χ0) is 11.2. The molecular formula is C8H6Cl2N2O2S. The summed E-state index contributed by atoms with van der Waals surface area (Å²) >= 11 is 5.71. The summed E-state index contributed by atoms with van der Waals surface area (Å²) in [5.41, 5.74) is 1.34. The van der Waals surface area contributed by atoms with Gasteiger partial charge in [-0.05, 0) is 18.6 Å². The van der Waals surface area contributed by atoms with Crippen molar-refractivity contribution in [3.8, 4) is 0 Å². The lowest BCUT2D eigenvalue weighted by molar-refractivity contribution is 0.605. The van der Waals surface area contributed by atoms with E-state index in [0.717, 1.165) is 5.56 Å². The van der Waals surface area contributed by atoms with Gasteiger partial charge in [0.15, 0.2) is 10.2 Å². The number of hydrogen-bond acceptors (Lipinski definition) is 3. The second kappa shape index (κ2) is 3.37. The summed E-state index contributed by atoms with van der Waals surface area (Å²) in [5, 5.41) is -0.305. The number of aryl methyl sites for hydroxylation is 1. The third-order valence-electron chi connectivity index (χ3n) is 1.91. The van der Waals surface area contributed by atoms with E-state index < -0.39 is 9.05 Å². The number of halogens is 2. The van der Waals surface area contributed by atoms with Crippen LogP contribution in [0.3, 0.4) is 0 Å². The van der Waals surface area contributed by atoms with Crippen LogP contribution in [0.25, 0.3) is 5.65 Å². The van der Waals surface area contributed by atoms with Gasteiger partial charge in [-0.1, -0.05) is 17.7 Å². The summed E-state index contributed by atoms with van der Waals surface area (Å²) in [4.78, 5) is 3.89. The van der Waals surface area contributed by atoms with E-state index >= 15 is 0 Å². The summed E-state index contributed by atoms with van der Waals surface area (Å²) in [6.45, 7) is 1.83. The summed E-state index contributed by atoms with van der Waals surface area (Å²) in [6, 6.07) is 3.48. The molecule has 0 aliphatic carbocycles. The van der Waals surface area contributed by atoms with Gasteiger partial charge in [-0.2, -0.15) is 0 Å². The number of aromatic nitrogens is 2. The van der Waals surface area contributed by atoms with Gasteiger partial charge < -0.3 is 0 Å². The molecular weight excluding hydrogens is 259 g/mol. The molecule has 0 saturated carbocycles. The van der Waals surface area contributed by atoms with Crippen LogP contribution in [-0.4, -0.2) is 17.8 Å². The van der Waals surface area contributed by atoms with Crippen LogP contribution in [0.1, 0.15) is 5.56 Å². The molecule has 15 heavy (non-hydrogen) atoms. The third-order valence-corrected chi connectivity index (χ3v) is 3.58. The maximum Gasteiger partial charge on any atom is 0.280 e. The van der Waals surface area contributed by atoms with Crippen molar-refractivity contribution < 1.29 is 8.42 Å². The normalized spacial score (nSPS) is 12.2. The number of fused-ring (bicyclic) bond motifs is 1. The largest absolute Gasteiger partial charge is 0.288 e. The number of pyridine rings is 1. The zero-order valence-electron chi connectivity index (χ0n) is 7.61. The van der Waals surface area contributed by atoms with E-state index in [1.807, 2.05) is 13.0 Å². The smallest absolute Gasteiger partial charge is 0.280 e. The number of imidazole rings is 1. The van der Waals surface area contributed by atoms with Crippen molar-refractivity contribution in [2.75, 3.05) is 0 Å². The lowest BCUT2D eigenvalue weighted by Crippen LogP contribution is -1.97. The molecule has 0 spiro atoms. The molecule has 4 nitrogen and oxygen atoms in total. The van der Waals surface area contributed by atoms with Crippen LogP contribution in [0, 0.1) is 6.92 Å². The van der Waals surface area contributed by atoms with Crippen molar-refractivity contribution in [1.29, 1.82) is 0 Å². The van der Waals surface area contributed by atoms with Gasteiger partial charge in [-0.15, -0.1) is 0 Å². The number of nitrogens with zero attached hydrogens (tertiary/aromatic N) is 2. The van der Waals surface area contributed by atoms with Crippen LogP contribution in [0.15, 0.2) is 23.4 Å². The molecule has 2 heterocycles. The van der Waals surface area contributed by atoms with Gasteiger partial charge in [0.25, 0.3) is 9.05 Å². The van der Waals surface area contributed by atoms with Gasteiger partial charge in [-0.25, -0.2) is 13.4 Å². The average Bonchev–Trinajstić information content (AvgIpc) is 2.38. The highest BCUT2D eigenvalue weighted by atomic mass is 35.7. The first kappa shape index (κ1) is 10.7. The van der Waals surface area contributed by atoms with E-state index in [2.05, 4.69) is 4.98 Å². The SMILES string of the molecule is Cc1ccc2nc(Cl)c(S(=O)(=O)Cl)n2c1. The van der Waals surface area contributed by atoms with E-state index in [9.17, 15) is 8.42 Å². The second-order valence-corrected chi connectivity index (χ2v) is 5.92. The lowest BCUT2D eigenvalue weighted by Gasteiger charge is -1.98. The van der Waals surface area contributed by atoms with Crippen molar-refractivity contribution in [1.82, 2.24) is 9.38 Å². The van der Waals surface area contributed by atoms with Crippen molar-refractivity contribution in [2.45, 2.75) is 11.9 Å². The Balaban J connectivity index is 2.95. The molecule has 7 heteroatoms. The molecule has 0 amide bonds. The van der Waals surface area contributed by atoms with Gasteiger partial charge in [0.05, 0.1) is 0 Å². The first-order valence-electron chi connectivity index (χ1n) is 3.98. The summed E-state index contributed by atoms with van der Waals surface area (Å²) in [6.07, 6.45) is 1.61. The molecule has 0 aliphatic rings. The summed E-state index contributed by atoms with van der Waals surface area (Å²) < 4.78 is 23.9. The van der Waals surface area contributed by atoms with Gasteiger partial charge in [-0.3, -0.25) is 4.40 Å². The third kappa shape index (κ3) is 1.82. The highest BCUT2D eigenvalue weighted by Crippen LogP contribution is 2.25. The van der Waals surface area contributed by atoms with E-state index in [4.69, 9.17) is 22.3 Å². The average molecular weight is 265 g/mol. The molecule has 0 aromatic carbocycles. The van der Waals surface area contributed by atoms with E-state index in [0.29, 0.717) is 5.65 Å². The standard InChI is InChI=1S/C8H6Cl2N2O2S/c1-5-2-3-6-11-7(9)8(12(6)4-5)15(10,13)14/h2-4H,1H3. The molecule has 0 fully saturated rings. The molecule has 0 radical (unpaired) electrons. The molecule has 2 aromatic rings. The molecule has 2 aromatic heterocycles. The van der Waals surface area contributed by atoms with Gasteiger partial charge in [0, 0.05) is 16.9 Å². The molecule has 0 aliphatic heterocycles. The van der Waals surface area contributed by atoms with Crippen molar-refractivity contribution in [2.24, 2.45) is 0 Å². The van der Waals surface area contributed by atoms with Crippen molar-refractivity contribution in [3.05, 3.63) is 29.0 Å². The van der Waals surface area contributed by atoms with Crippen LogP contribution in [0.5, 0.6) is 0 Å². The fourth-order valence-electron chi connectivity index (χ4n) is 1.32. The van der Waals surface area contributed by atoms with Gasteiger partial charge in [0.2, 0.25) is 0 Å². The quantitative estimate of drug-likeness (QED) is 0.743. The van der Waals surface area contributed by atoms with Crippen LogP contribution in [-0.2, 0) is 9.05 Å². The molecule has 0 N–H and O–H groups in total. The van der Waals surface area contributed by atoms with Crippen LogP contribution >= 0.6 is 22.3 Å². The lowest BCUT2D eigenvalue weighted by atomic mass is 10.3. The topological polar surface area (TPSA) is 51.4 Å². The predicted octanol–water partition coefficient (Wildman–Crippen LogP) is 2.22. The second-order valence-electron chi connectivity index (χ2n) is 3.08. The Morgan fingerprint density at radius 1 is 1.40 bits per heavy atom. The Labute approximate surface area is 95.9 Å². The maximum absolute atomic E-state index is 11.3. The van der Waals surface area contributed by atoms with Gasteiger partial charge >= 0.3 is 0 Å². The highest BCUT2D eigenvalue weighted by molar-refractivity contribution is 8.13. The molecule has 0 unspecified atom stereocenters. The van der Waals surface area contributed by atoms with E-state index in [1.54, 1.807) is 12.3 Å². The first-order valence-corrected chi connectivity index (χ1v) is 6.67. The minimum Gasteiger partial charge on any atom is -0.288 e. The Morgan fingerprint density at radius 3 is 2.67 bits per heavy atom. The minimum atomic E-state index is -3.89. The van der Waals surface area contributed by atoms with Gasteiger partial charge in [0.1, 0.15) is 5.65 Å². The molecule has 0 atom stereocenters. The fraction of sp³-hybridized carbons (Fsp3) is 0.125. The zero-order valence-corrected chi connectivity index (χ0v) is 9.94. The highest BCUT2D eigenvalue weighted by Gasteiger charge is 2.21. The predicted molar refractivity (Wildman–Crippen MR) is 58.0 cm³/mol. The van der Waals surface area contributed by atoms with Crippen LogP contribution in [0.2, 0.25) is 5.15 Å². The molecule has 0 saturated heterocycles. The summed E-state index contributed by atoms with van der Waals surface area (Å²) in [7, 11) is 1.37. The van der Waals surface area contributed by atoms with Crippen LogP contribution in [0.4, 0.5) is 0 Å². The summed E-state index contributed by atoms with van der Waals surface area (Å²) in [5.74, 6) is 0. The molecule has 0 bridgehead atoms. The molecule has 80 valence electrons. The van der Waals surface area contributed by atoms with E-state index in [1.165, 1.54) is 4.40 Å². The maximum atomic E-state index is 11.3. The van der Waals surface area contributed by atoms with Crippen molar-refractivity contribution >= 4 is 37.0 Å². The minimum absolute atomic E-state index is 0.115. The monoisotopic (exact) mass is 264 g/mol. The molecule has 2 rings (SSSR count). The first-order chi connectivity index (χ1) is 6.89. The Bertz CT molecular complexity index is 633. The Kier molecular flexibility index (Phi) is 2.41. The number of hydrogen-bond donors (Lipinski definition) is 0. The van der Waals surface area contributed by atoms with E-state index in [-0.39, 0.29) is 10.2 Å². The Morgan fingerprint density at radius 2 is 2.07 bits per heavy atom. The Hall–Kier alpha value is -0.780. The number of rotatable bonds is 1. The fourth-order valence-corrected chi connectivity index (χ4v) is 2.99.